The van der Waals surface area contributed by atoms with Crippen molar-refractivity contribution >= 4 is 17.3 Å². The molecule has 0 atom stereocenters. The van der Waals surface area contributed by atoms with E-state index in [-0.39, 0.29) is 11.9 Å². The van der Waals surface area contributed by atoms with E-state index in [2.05, 4.69) is 48.0 Å². The highest BCUT2D eigenvalue weighted by Crippen LogP contribution is 2.40. The summed E-state index contributed by atoms with van der Waals surface area (Å²) >= 11 is 0. The number of benzene rings is 2. The molecule has 0 bridgehead atoms. The second kappa shape index (κ2) is 9.98. The van der Waals surface area contributed by atoms with Gasteiger partial charge >= 0.3 is 0 Å². The zero-order valence-electron chi connectivity index (χ0n) is 21.1. The first kappa shape index (κ1) is 24.0. The van der Waals surface area contributed by atoms with Crippen LogP contribution < -0.4 is 15.5 Å². The molecule has 1 aromatic heterocycles. The minimum absolute atomic E-state index is 0.00336. The smallest absolute Gasteiger partial charge is 0.258 e. The summed E-state index contributed by atoms with van der Waals surface area (Å²) in [4.78, 5) is 22.7. The third-order valence-electron chi connectivity index (χ3n) is 6.61. The van der Waals surface area contributed by atoms with Crippen molar-refractivity contribution in [2.75, 3.05) is 29.4 Å². The van der Waals surface area contributed by atoms with Gasteiger partial charge in [-0.2, -0.15) is 0 Å². The van der Waals surface area contributed by atoms with Crippen molar-refractivity contribution in [1.82, 2.24) is 4.98 Å². The summed E-state index contributed by atoms with van der Waals surface area (Å²) in [6, 6.07) is 12.9. The van der Waals surface area contributed by atoms with Gasteiger partial charge in [-0.3, -0.25) is 9.78 Å². The normalized spacial score (nSPS) is 14.4. The fourth-order valence-corrected chi connectivity index (χ4v) is 5.11. The van der Waals surface area contributed by atoms with Crippen molar-refractivity contribution in [1.29, 1.82) is 0 Å². The first-order valence-electron chi connectivity index (χ1n) is 12.2. The van der Waals surface area contributed by atoms with Crippen molar-refractivity contribution in [3.63, 3.8) is 0 Å². The van der Waals surface area contributed by atoms with Crippen LogP contribution in [0.5, 0.6) is 0 Å². The summed E-state index contributed by atoms with van der Waals surface area (Å²) in [6.07, 6.45) is 5.66. The number of hydrogen-bond donors (Lipinski definition) is 1. The van der Waals surface area contributed by atoms with E-state index in [0.29, 0.717) is 12.1 Å². The SMILES string of the molecule is CCN(C(=O)c1cc(C)cc(C)c1)c1cncc(-c2cc(C)cc(C)c2)c1N1CCC(N)CC1. The van der Waals surface area contributed by atoms with Gasteiger partial charge in [0.25, 0.3) is 5.91 Å². The molecule has 0 aliphatic carbocycles. The number of carbonyl (C=O) groups excluding carboxylic acids is 1. The Morgan fingerprint density at radius 1 is 0.941 bits per heavy atom. The molecule has 0 saturated carbocycles. The fourth-order valence-electron chi connectivity index (χ4n) is 5.11. The van der Waals surface area contributed by atoms with Gasteiger partial charge in [0.2, 0.25) is 0 Å². The zero-order chi connectivity index (χ0) is 24.4. The van der Waals surface area contributed by atoms with Crippen LogP contribution in [-0.4, -0.2) is 36.6 Å². The third kappa shape index (κ3) is 5.00. The standard InChI is InChI=1S/C29H36N4O/c1-6-33(29(34)24-15-21(4)12-22(5)16-24)27-18-31-17-26(23-13-19(2)11-20(3)14-23)28(27)32-9-7-25(30)8-10-32/h11-18,25H,6-10,30H2,1-5H3. The lowest BCUT2D eigenvalue weighted by Gasteiger charge is -2.36. The van der Waals surface area contributed by atoms with Gasteiger partial charge in [-0.1, -0.05) is 46.5 Å². The van der Waals surface area contributed by atoms with Crippen LogP contribution >= 0.6 is 0 Å². The van der Waals surface area contributed by atoms with Crippen LogP contribution in [0.4, 0.5) is 11.4 Å². The molecule has 2 heterocycles. The largest absolute Gasteiger partial charge is 0.369 e. The number of aromatic nitrogens is 1. The first-order valence-corrected chi connectivity index (χ1v) is 12.2. The van der Waals surface area contributed by atoms with Crippen LogP contribution in [-0.2, 0) is 0 Å². The van der Waals surface area contributed by atoms with Crippen molar-refractivity contribution in [2.24, 2.45) is 5.73 Å². The van der Waals surface area contributed by atoms with Crippen LogP contribution in [0.25, 0.3) is 11.1 Å². The van der Waals surface area contributed by atoms with Gasteiger partial charge in [-0.15, -0.1) is 0 Å². The minimum Gasteiger partial charge on any atom is -0.369 e. The Morgan fingerprint density at radius 3 is 2.06 bits per heavy atom. The molecule has 1 aliphatic heterocycles. The monoisotopic (exact) mass is 456 g/mol. The van der Waals surface area contributed by atoms with Gasteiger partial charge in [0.05, 0.1) is 17.6 Å². The molecule has 4 rings (SSSR count). The number of amides is 1. The van der Waals surface area contributed by atoms with Gasteiger partial charge in [0, 0.05) is 43.0 Å². The maximum atomic E-state index is 13.8. The molecule has 5 heteroatoms. The summed E-state index contributed by atoms with van der Waals surface area (Å²) < 4.78 is 0. The number of nitrogens with two attached hydrogens (primary N) is 1. The van der Waals surface area contributed by atoms with Crippen molar-refractivity contribution < 1.29 is 4.79 Å². The van der Waals surface area contributed by atoms with E-state index in [0.717, 1.165) is 59.6 Å². The minimum atomic E-state index is 0.00336. The Morgan fingerprint density at radius 2 is 1.50 bits per heavy atom. The Labute approximate surface area is 203 Å². The molecule has 2 N–H and O–H groups in total. The van der Waals surface area contributed by atoms with Gasteiger partial charge < -0.3 is 15.5 Å². The Balaban J connectivity index is 1.87. The molecule has 178 valence electrons. The van der Waals surface area contributed by atoms with Gasteiger partial charge in [-0.25, -0.2) is 0 Å². The highest BCUT2D eigenvalue weighted by atomic mass is 16.2. The number of hydrogen-bond acceptors (Lipinski definition) is 4. The molecule has 0 radical (unpaired) electrons. The predicted octanol–water partition coefficient (Wildman–Crippen LogP) is 5.58. The van der Waals surface area contributed by atoms with Crippen molar-refractivity contribution in [3.05, 3.63) is 76.6 Å². The summed E-state index contributed by atoms with van der Waals surface area (Å²) in [5, 5.41) is 0. The molecule has 34 heavy (non-hydrogen) atoms. The molecule has 1 saturated heterocycles. The zero-order valence-corrected chi connectivity index (χ0v) is 21.1. The van der Waals surface area contributed by atoms with Crippen molar-refractivity contribution in [2.45, 2.75) is 53.5 Å². The van der Waals surface area contributed by atoms with E-state index in [9.17, 15) is 4.79 Å². The number of pyridine rings is 1. The number of piperidine rings is 1. The summed E-state index contributed by atoms with van der Waals surface area (Å²) in [5.41, 5.74) is 15.7. The summed E-state index contributed by atoms with van der Waals surface area (Å²) in [5.74, 6) is 0.00336. The van der Waals surface area contributed by atoms with Crippen molar-refractivity contribution in [3.8, 4) is 11.1 Å². The van der Waals surface area contributed by atoms with E-state index >= 15 is 0 Å². The summed E-state index contributed by atoms with van der Waals surface area (Å²) in [6.45, 7) is 12.6. The van der Waals surface area contributed by atoms with E-state index in [1.807, 2.05) is 50.2 Å². The number of rotatable bonds is 5. The topological polar surface area (TPSA) is 62.5 Å². The second-order valence-electron chi connectivity index (χ2n) is 9.68. The average Bonchev–Trinajstić information content (AvgIpc) is 2.79. The second-order valence-corrected chi connectivity index (χ2v) is 9.68. The molecule has 3 aromatic rings. The van der Waals surface area contributed by atoms with Gasteiger partial charge in [0.1, 0.15) is 0 Å². The average molecular weight is 457 g/mol. The van der Waals surface area contributed by atoms with E-state index in [4.69, 9.17) is 5.73 Å². The molecular weight excluding hydrogens is 420 g/mol. The third-order valence-corrected chi connectivity index (χ3v) is 6.61. The maximum absolute atomic E-state index is 13.8. The number of aryl methyl sites for hydroxylation is 4. The number of anilines is 2. The summed E-state index contributed by atoms with van der Waals surface area (Å²) in [7, 11) is 0. The number of nitrogens with zero attached hydrogens (tertiary/aromatic N) is 3. The Bertz CT molecular complexity index is 1150. The predicted molar refractivity (Wildman–Crippen MR) is 142 cm³/mol. The number of carbonyl (C=O) groups is 1. The van der Waals surface area contributed by atoms with E-state index < -0.39 is 0 Å². The molecule has 0 spiro atoms. The Kier molecular flexibility index (Phi) is 7.03. The molecular formula is C29H36N4O. The van der Waals surface area contributed by atoms with Crippen LogP contribution in [0, 0.1) is 27.7 Å². The quantitative estimate of drug-likeness (QED) is 0.545. The van der Waals surface area contributed by atoms with Crippen LogP contribution in [0.2, 0.25) is 0 Å². The fraction of sp³-hybridized carbons (Fsp3) is 0.379. The first-order chi connectivity index (χ1) is 16.3. The molecule has 1 amide bonds. The molecule has 1 aliphatic rings. The van der Waals surface area contributed by atoms with Gasteiger partial charge in [-0.05, 0) is 65.2 Å². The lowest BCUT2D eigenvalue weighted by atomic mass is 9.97. The van der Waals surface area contributed by atoms with Crippen LogP contribution in [0.1, 0.15) is 52.4 Å². The van der Waals surface area contributed by atoms with Gasteiger partial charge in [0.15, 0.2) is 0 Å². The lowest BCUT2D eigenvalue weighted by Crippen LogP contribution is -2.41. The lowest BCUT2D eigenvalue weighted by molar-refractivity contribution is 0.0988. The molecule has 2 aromatic carbocycles. The maximum Gasteiger partial charge on any atom is 0.258 e. The van der Waals surface area contributed by atoms with Crippen LogP contribution in [0.3, 0.4) is 0 Å². The highest BCUT2D eigenvalue weighted by Gasteiger charge is 2.27. The highest BCUT2D eigenvalue weighted by molar-refractivity contribution is 6.09. The molecule has 0 unspecified atom stereocenters. The Hall–Kier alpha value is -3.18. The molecule has 1 fully saturated rings. The van der Waals surface area contributed by atoms with E-state index in [1.54, 1.807) is 0 Å². The van der Waals surface area contributed by atoms with E-state index in [1.165, 1.54) is 11.1 Å². The molecule has 5 nitrogen and oxygen atoms in total. The van der Waals surface area contributed by atoms with Crippen LogP contribution in [0.15, 0.2) is 48.8 Å².